The van der Waals surface area contributed by atoms with Gasteiger partial charge in [-0.1, -0.05) is 11.3 Å². The highest BCUT2D eigenvalue weighted by molar-refractivity contribution is 7.16. The van der Waals surface area contributed by atoms with E-state index in [0.717, 1.165) is 28.5 Å². The monoisotopic (exact) mass is 404 g/mol. The molecule has 2 amide bonds. The zero-order valence-electron chi connectivity index (χ0n) is 14.4. The van der Waals surface area contributed by atoms with Crippen LogP contribution in [0.5, 0.6) is 0 Å². The third-order valence-electron chi connectivity index (χ3n) is 3.95. The van der Waals surface area contributed by atoms with Crippen LogP contribution in [0.4, 0.5) is 10.3 Å². The van der Waals surface area contributed by atoms with Gasteiger partial charge in [-0.2, -0.15) is 0 Å². The van der Waals surface area contributed by atoms with Gasteiger partial charge in [0.1, 0.15) is 11.3 Å². The Kier molecular flexibility index (Phi) is 4.97. The van der Waals surface area contributed by atoms with Crippen LogP contribution in [0.25, 0.3) is 0 Å². The van der Waals surface area contributed by atoms with Gasteiger partial charge in [-0.3, -0.25) is 25.1 Å². The summed E-state index contributed by atoms with van der Waals surface area (Å²) in [6, 6.07) is 1.60. The number of nitrogens with zero attached hydrogens (tertiary/aromatic N) is 4. The molecule has 140 valence electrons. The van der Waals surface area contributed by atoms with Gasteiger partial charge in [-0.15, -0.1) is 21.5 Å². The van der Waals surface area contributed by atoms with Crippen molar-refractivity contribution in [1.82, 2.24) is 20.1 Å². The lowest BCUT2D eigenvalue weighted by Gasteiger charge is -2.24. The van der Waals surface area contributed by atoms with Crippen LogP contribution < -0.4 is 10.6 Å². The molecule has 0 spiro atoms. The number of aryl methyl sites for hydroxylation is 1. The number of hydrogen-bond acceptors (Lipinski definition) is 9. The zero-order valence-corrected chi connectivity index (χ0v) is 16.0. The summed E-state index contributed by atoms with van der Waals surface area (Å²) in [4.78, 5) is 31.9. The number of furan rings is 1. The number of fused-ring (bicyclic) bond motifs is 1. The van der Waals surface area contributed by atoms with Gasteiger partial charge in [0, 0.05) is 24.4 Å². The van der Waals surface area contributed by atoms with E-state index in [-0.39, 0.29) is 18.4 Å². The number of thiazole rings is 1. The van der Waals surface area contributed by atoms with Crippen LogP contribution in [-0.2, 0) is 17.8 Å². The van der Waals surface area contributed by atoms with E-state index in [2.05, 4.69) is 25.8 Å². The smallest absolute Gasteiger partial charge is 0.260 e. The van der Waals surface area contributed by atoms with Crippen LogP contribution in [0.3, 0.4) is 0 Å². The second-order valence-electron chi connectivity index (χ2n) is 5.99. The number of carbonyl (C=O) groups excluding carboxylic acids is 2. The van der Waals surface area contributed by atoms with Gasteiger partial charge in [-0.25, -0.2) is 4.98 Å². The molecule has 2 N–H and O–H groups in total. The summed E-state index contributed by atoms with van der Waals surface area (Å²) in [5.41, 5.74) is 1.42. The molecule has 0 aliphatic carbocycles. The molecule has 11 heteroatoms. The van der Waals surface area contributed by atoms with E-state index in [9.17, 15) is 9.59 Å². The van der Waals surface area contributed by atoms with Crippen LogP contribution in [0, 0.1) is 6.92 Å². The molecule has 0 radical (unpaired) electrons. The average Bonchev–Trinajstić information content (AvgIpc) is 3.35. The van der Waals surface area contributed by atoms with Gasteiger partial charge in [0.15, 0.2) is 5.13 Å². The highest BCUT2D eigenvalue weighted by Crippen LogP contribution is 2.28. The lowest BCUT2D eigenvalue weighted by atomic mass is 10.2. The van der Waals surface area contributed by atoms with Gasteiger partial charge >= 0.3 is 0 Å². The molecule has 0 saturated heterocycles. The number of rotatable bonds is 5. The topological polar surface area (TPSA) is 113 Å². The Labute approximate surface area is 162 Å². The first-order chi connectivity index (χ1) is 13.1. The van der Waals surface area contributed by atoms with E-state index >= 15 is 0 Å². The van der Waals surface area contributed by atoms with Crippen LogP contribution >= 0.6 is 22.7 Å². The van der Waals surface area contributed by atoms with E-state index in [1.165, 1.54) is 35.2 Å². The van der Waals surface area contributed by atoms with E-state index in [0.29, 0.717) is 22.4 Å². The SMILES string of the molecule is Cc1nnc(NC(=O)CN2CCc3nc(NC(=O)c4ccoc4)sc3C2)s1. The Bertz CT molecular complexity index is 965. The molecule has 0 atom stereocenters. The van der Waals surface area contributed by atoms with Crippen molar-refractivity contribution in [2.45, 2.75) is 19.9 Å². The maximum absolute atomic E-state index is 12.2. The normalized spacial score (nSPS) is 14.0. The molecule has 4 heterocycles. The Balaban J connectivity index is 1.35. The van der Waals surface area contributed by atoms with E-state index < -0.39 is 0 Å². The maximum Gasteiger partial charge on any atom is 0.260 e. The third-order valence-corrected chi connectivity index (χ3v) is 5.71. The van der Waals surface area contributed by atoms with Gasteiger partial charge < -0.3 is 4.42 Å². The molecule has 0 aromatic carbocycles. The predicted octanol–water partition coefficient (Wildman–Crippen LogP) is 2.15. The summed E-state index contributed by atoms with van der Waals surface area (Å²) in [7, 11) is 0. The van der Waals surface area contributed by atoms with Gasteiger partial charge in [0.2, 0.25) is 11.0 Å². The van der Waals surface area contributed by atoms with E-state index in [1.807, 2.05) is 11.8 Å². The Hall–Kier alpha value is -2.63. The van der Waals surface area contributed by atoms with Crippen LogP contribution in [0.1, 0.15) is 25.9 Å². The van der Waals surface area contributed by atoms with Crippen molar-refractivity contribution in [3.05, 3.63) is 39.7 Å². The quantitative estimate of drug-likeness (QED) is 0.670. The second-order valence-corrected chi connectivity index (χ2v) is 8.26. The third kappa shape index (κ3) is 4.21. The van der Waals surface area contributed by atoms with Crippen molar-refractivity contribution in [3.8, 4) is 0 Å². The largest absolute Gasteiger partial charge is 0.472 e. The summed E-state index contributed by atoms with van der Waals surface area (Å²) in [5, 5.41) is 15.2. The Morgan fingerprint density at radius 3 is 2.89 bits per heavy atom. The Morgan fingerprint density at radius 1 is 1.26 bits per heavy atom. The van der Waals surface area contributed by atoms with Gasteiger partial charge in [-0.05, 0) is 13.0 Å². The van der Waals surface area contributed by atoms with Crippen LogP contribution in [0.2, 0.25) is 0 Å². The van der Waals surface area contributed by atoms with Gasteiger partial charge in [0.25, 0.3) is 5.91 Å². The molecule has 3 aromatic heterocycles. The van der Waals surface area contributed by atoms with Crippen molar-refractivity contribution in [1.29, 1.82) is 0 Å². The molecule has 1 aliphatic heterocycles. The number of anilines is 2. The van der Waals surface area contributed by atoms with Crippen molar-refractivity contribution in [3.63, 3.8) is 0 Å². The number of carbonyl (C=O) groups is 2. The molecule has 1 aliphatic rings. The lowest BCUT2D eigenvalue weighted by Crippen LogP contribution is -2.36. The molecule has 27 heavy (non-hydrogen) atoms. The number of nitrogens with one attached hydrogen (secondary N) is 2. The average molecular weight is 404 g/mol. The molecule has 0 bridgehead atoms. The Morgan fingerprint density at radius 2 is 2.15 bits per heavy atom. The number of amides is 2. The first-order valence-corrected chi connectivity index (χ1v) is 9.84. The molecule has 3 aromatic rings. The number of hydrogen-bond donors (Lipinski definition) is 2. The summed E-state index contributed by atoms with van der Waals surface area (Å²) in [6.07, 6.45) is 3.58. The van der Waals surface area contributed by atoms with Gasteiger partial charge in [0.05, 0.1) is 24.1 Å². The highest BCUT2D eigenvalue weighted by atomic mass is 32.1. The molecule has 0 saturated carbocycles. The highest BCUT2D eigenvalue weighted by Gasteiger charge is 2.23. The van der Waals surface area contributed by atoms with Crippen molar-refractivity contribution < 1.29 is 14.0 Å². The first kappa shape index (κ1) is 17.8. The molecule has 0 fully saturated rings. The molecule has 0 unspecified atom stereocenters. The molecular formula is C16H16N6O3S2. The fourth-order valence-corrected chi connectivity index (χ4v) is 4.36. The van der Waals surface area contributed by atoms with Crippen molar-refractivity contribution in [2.75, 3.05) is 23.7 Å². The molecular weight excluding hydrogens is 388 g/mol. The standard InChI is InChI=1S/C16H16N6O3S2/c1-9-20-21-16(26-9)18-13(23)7-22-4-2-11-12(6-22)27-15(17-11)19-14(24)10-3-5-25-8-10/h3,5,8H,2,4,6-7H2,1H3,(H,17,19,24)(H,18,21,23). The van der Waals surface area contributed by atoms with Crippen molar-refractivity contribution >= 4 is 44.8 Å². The predicted molar refractivity (Wildman–Crippen MR) is 101 cm³/mol. The maximum atomic E-state index is 12.2. The fraction of sp³-hybridized carbons (Fsp3) is 0.312. The summed E-state index contributed by atoms with van der Waals surface area (Å²) in [6.45, 7) is 3.46. The van der Waals surface area contributed by atoms with Crippen LogP contribution in [-0.4, -0.2) is 45.0 Å². The van der Waals surface area contributed by atoms with Crippen LogP contribution in [0.15, 0.2) is 23.0 Å². The molecule has 4 rings (SSSR count). The summed E-state index contributed by atoms with van der Waals surface area (Å²) in [5.74, 6) is -0.369. The molecule has 9 nitrogen and oxygen atoms in total. The summed E-state index contributed by atoms with van der Waals surface area (Å²) >= 11 is 2.78. The minimum atomic E-state index is -0.251. The minimum absolute atomic E-state index is 0.118. The fourth-order valence-electron chi connectivity index (χ4n) is 2.71. The van der Waals surface area contributed by atoms with E-state index in [4.69, 9.17) is 4.42 Å². The first-order valence-electron chi connectivity index (χ1n) is 8.21. The second kappa shape index (κ2) is 7.55. The minimum Gasteiger partial charge on any atom is -0.472 e. The van der Waals surface area contributed by atoms with E-state index in [1.54, 1.807) is 6.07 Å². The van der Waals surface area contributed by atoms with Crippen molar-refractivity contribution in [2.24, 2.45) is 0 Å². The lowest BCUT2D eigenvalue weighted by molar-refractivity contribution is -0.117. The zero-order chi connectivity index (χ0) is 18.8. The number of aromatic nitrogens is 3. The summed E-state index contributed by atoms with van der Waals surface area (Å²) < 4.78 is 4.92.